The average Bonchev–Trinajstić information content (AvgIpc) is 2.91. The zero-order valence-electron chi connectivity index (χ0n) is 10.0. The van der Waals surface area contributed by atoms with E-state index in [0.717, 1.165) is 26.8 Å². The molecule has 0 unspecified atom stereocenters. The Morgan fingerprint density at radius 3 is 2.75 bits per heavy atom. The number of rotatable bonds is 4. The zero-order valence-corrected chi connectivity index (χ0v) is 14.8. The average molecular weight is 416 g/mol. The van der Waals surface area contributed by atoms with E-state index in [1.807, 2.05) is 0 Å². The summed E-state index contributed by atoms with van der Waals surface area (Å²) >= 11 is 5.75. The van der Waals surface area contributed by atoms with E-state index in [4.69, 9.17) is 10.7 Å². The summed E-state index contributed by atoms with van der Waals surface area (Å²) in [5.41, 5.74) is 0.723. The number of nitrogens with one attached hydrogen (secondary N) is 1. The molecule has 2 aromatic rings. The standard InChI is InChI=1S/C10H8BrClN2O3S3/c1-5(15)13-4-8-14-3-7(18-8)6-2-9(19-10(6)11)20(12,16)17/h2-3H,4H2,1H3,(H,13,15). The lowest BCUT2D eigenvalue weighted by Gasteiger charge is -1.96. The highest BCUT2D eigenvalue weighted by Gasteiger charge is 2.19. The van der Waals surface area contributed by atoms with Gasteiger partial charge in [-0.15, -0.1) is 22.7 Å². The Hall–Kier alpha value is -0.480. The first-order chi connectivity index (χ1) is 9.27. The van der Waals surface area contributed by atoms with Crippen molar-refractivity contribution in [3.05, 3.63) is 21.1 Å². The molecule has 20 heavy (non-hydrogen) atoms. The first kappa shape index (κ1) is 15.9. The minimum Gasteiger partial charge on any atom is -0.350 e. The fraction of sp³-hybridized carbons (Fsp3) is 0.200. The summed E-state index contributed by atoms with van der Waals surface area (Å²) in [5.74, 6) is -0.131. The number of hydrogen-bond acceptors (Lipinski definition) is 6. The third kappa shape index (κ3) is 3.79. The van der Waals surface area contributed by atoms with Crippen molar-refractivity contribution in [2.24, 2.45) is 0 Å². The fourth-order valence-corrected chi connectivity index (χ4v) is 5.56. The van der Waals surface area contributed by atoms with Crippen LogP contribution in [0.2, 0.25) is 0 Å². The largest absolute Gasteiger partial charge is 0.350 e. The van der Waals surface area contributed by atoms with E-state index in [1.54, 1.807) is 6.20 Å². The number of nitrogens with zero attached hydrogens (tertiary/aromatic N) is 1. The molecule has 0 aliphatic heterocycles. The highest BCUT2D eigenvalue weighted by Crippen LogP contribution is 2.41. The van der Waals surface area contributed by atoms with E-state index in [2.05, 4.69) is 26.2 Å². The summed E-state index contributed by atoms with van der Waals surface area (Å²) in [4.78, 5) is 15.8. The summed E-state index contributed by atoms with van der Waals surface area (Å²) in [6, 6.07) is 1.51. The van der Waals surface area contributed by atoms with Crippen LogP contribution in [-0.2, 0) is 20.4 Å². The van der Waals surface area contributed by atoms with Crippen LogP contribution >= 0.6 is 49.3 Å². The van der Waals surface area contributed by atoms with Gasteiger partial charge < -0.3 is 5.32 Å². The Balaban J connectivity index is 2.28. The smallest absolute Gasteiger partial charge is 0.270 e. The van der Waals surface area contributed by atoms with Crippen molar-refractivity contribution in [3.8, 4) is 10.4 Å². The molecule has 0 aliphatic carbocycles. The normalized spacial score (nSPS) is 11.6. The summed E-state index contributed by atoms with van der Waals surface area (Å²) in [6.45, 7) is 1.78. The second kappa shape index (κ2) is 6.10. The lowest BCUT2D eigenvalue weighted by atomic mass is 10.3. The first-order valence-electron chi connectivity index (χ1n) is 5.21. The Bertz CT molecular complexity index is 754. The maximum Gasteiger partial charge on any atom is 0.270 e. The molecule has 5 nitrogen and oxygen atoms in total. The predicted octanol–water partition coefficient (Wildman–Crippen LogP) is 3.20. The maximum atomic E-state index is 11.3. The van der Waals surface area contributed by atoms with Crippen molar-refractivity contribution in [2.45, 2.75) is 17.7 Å². The Morgan fingerprint density at radius 1 is 1.50 bits per heavy atom. The molecule has 0 bridgehead atoms. The van der Waals surface area contributed by atoms with Gasteiger partial charge in [-0.3, -0.25) is 4.79 Å². The number of aromatic nitrogens is 1. The van der Waals surface area contributed by atoms with E-state index in [0.29, 0.717) is 10.3 Å². The quantitative estimate of drug-likeness (QED) is 0.778. The predicted molar refractivity (Wildman–Crippen MR) is 83.7 cm³/mol. The lowest BCUT2D eigenvalue weighted by molar-refractivity contribution is -0.119. The summed E-state index contributed by atoms with van der Waals surface area (Å²) in [7, 11) is 1.58. The van der Waals surface area contributed by atoms with Crippen LogP contribution in [0.4, 0.5) is 0 Å². The second-order valence-electron chi connectivity index (χ2n) is 3.72. The van der Waals surface area contributed by atoms with Gasteiger partial charge in [-0.2, -0.15) is 0 Å². The molecule has 2 heterocycles. The van der Waals surface area contributed by atoms with Crippen LogP contribution in [0.25, 0.3) is 10.4 Å². The molecular weight excluding hydrogens is 408 g/mol. The van der Waals surface area contributed by atoms with Gasteiger partial charge in [0, 0.05) is 29.4 Å². The van der Waals surface area contributed by atoms with Gasteiger partial charge in [0.2, 0.25) is 5.91 Å². The van der Waals surface area contributed by atoms with E-state index in [1.165, 1.54) is 24.3 Å². The number of carbonyl (C=O) groups excluding carboxylic acids is 1. The molecule has 108 valence electrons. The molecule has 10 heteroatoms. The van der Waals surface area contributed by atoms with Crippen molar-refractivity contribution in [1.82, 2.24) is 10.3 Å². The van der Waals surface area contributed by atoms with E-state index < -0.39 is 9.05 Å². The van der Waals surface area contributed by atoms with Crippen LogP contribution in [0.1, 0.15) is 11.9 Å². The summed E-state index contributed by atoms with van der Waals surface area (Å²) in [5, 5.41) is 3.39. The van der Waals surface area contributed by atoms with Crippen molar-refractivity contribution in [3.63, 3.8) is 0 Å². The number of thiophene rings is 1. The molecule has 0 atom stereocenters. The minimum atomic E-state index is -3.74. The van der Waals surface area contributed by atoms with E-state index in [9.17, 15) is 13.2 Å². The van der Waals surface area contributed by atoms with Crippen LogP contribution in [0, 0.1) is 0 Å². The van der Waals surface area contributed by atoms with Crippen LogP contribution in [0.3, 0.4) is 0 Å². The molecule has 1 amide bonds. The third-order valence-corrected chi connectivity index (χ3v) is 7.15. The SMILES string of the molecule is CC(=O)NCc1ncc(-c2cc(S(=O)(=O)Cl)sc2Br)s1. The number of carbonyl (C=O) groups is 1. The fourth-order valence-electron chi connectivity index (χ4n) is 1.35. The van der Waals surface area contributed by atoms with Gasteiger partial charge in [0.25, 0.3) is 9.05 Å². The molecule has 1 N–H and O–H groups in total. The van der Waals surface area contributed by atoms with Crippen molar-refractivity contribution in [1.29, 1.82) is 0 Å². The van der Waals surface area contributed by atoms with Gasteiger partial charge in [-0.05, 0) is 22.0 Å². The molecule has 0 aliphatic rings. The highest BCUT2D eigenvalue weighted by atomic mass is 79.9. The van der Waals surface area contributed by atoms with Gasteiger partial charge >= 0.3 is 0 Å². The summed E-state index contributed by atoms with van der Waals surface area (Å²) < 4.78 is 23.4. The molecule has 2 aromatic heterocycles. The Kier molecular flexibility index (Phi) is 4.85. The molecule has 0 spiro atoms. The maximum absolute atomic E-state index is 11.3. The molecule has 0 fully saturated rings. The topological polar surface area (TPSA) is 76.1 Å². The van der Waals surface area contributed by atoms with Gasteiger partial charge in [-0.25, -0.2) is 13.4 Å². The molecule has 0 saturated carbocycles. The van der Waals surface area contributed by atoms with Crippen molar-refractivity contribution < 1.29 is 13.2 Å². The number of thiazole rings is 1. The minimum absolute atomic E-state index is 0.0813. The molecule has 0 saturated heterocycles. The Morgan fingerprint density at radius 2 is 2.20 bits per heavy atom. The second-order valence-corrected chi connectivity index (χ2v) is 10.00. The molecule has 0 radical (unpaired) electrons. The Labute approximate surface area is 136 Å². The monoisotopic (exact) mass is 414 g/mol. The van der Waals surface area contributed by atoms with Crippen molar-refractivity contribution >= 4 is 64.2 Å². The summed E-state index contributed by atoms with van der Waals surface area (Å²) in [6.07, 6.45) is 1.64. The molecule has 2 rings (SSSR count). The van der Waals surface area contributed by atoms with Gasteiger partial charge in [0.05, 0.1) is 15.2 Å². The van der Waals surface area contributed by atoms with Crippen LogP contribution < -0.4 is 5.32 Å². The molecule has 0 aromatic carbocycles. The lowest BCUT2D eigenvalue weighted by Crippen LogP contribution is -2.18. The van der Waals surface area contributed by atoms with Crippen LogP contribution in [0.15, 0.2) is 20.3 Å². The highest BCUT2D eigenvalue weighted by molar-refractivity contribution is 9.11. The van der Waals surface area contributed by atoms with Crippen molar-refractivity contribution in [2.75, 3.05) is 0 Å². The van der Waals surface area contributed by atoms with Gasteiger partial charge in [0.15, 0.2) is 0 Å². The number of amides is 1. The van der Waals surface area contributed by atoms with Crippen LogP contribution in [0.5, 0.6) is 0 Å². The molecular formula is C10H8BrClN2O3S3. The van der Waals surface area contributed by atoms with E-state index >= 15 is 0 Å². The first-order valence-corrected chi connectivity index (χ1v) is 9.94. The van der Waals surface area contributed by atoms with E-state index in [-0.39, 0.29) is 10.1 Å². The number of halogens is 2. The number of hydrogen-bond donors (Lipinski definition) is 1. The zero-order chi connectivity index (χ0) is 14.9. The van der Waals surface area contributed by atoms with Gasteiger partial charge in [0.1, 0.15) is 9.22 Å². The van der Waals surface area contributed by atoms with Crippen LogP contribution in [-0.4, -0.2) is 19.3 Å². The van der Waals surface area contributed by atoms with Gasteiger partial charge in [-0.1, -0.05) is 0 Å². The third-order valence-electron chi connectivity index (χ3n) is 2.21.